The van der Waals surface area contributed by atoms with Gasteiger partial charge in [0.2, 0.25) is 0 Å². The van der Waals surface area contributed by atoms with E-state index in [2.05, 4.69) is 22.2 Å². The van der Waals surface area contributed by atoms with E-state index in [1.807, 2.05) is 0 Å². The van der Waals surface area contributed by atoms with Gasteiger partial charge in [-0.15, -0.1) is 0 Å². The Morgan fingerprint density at radius 1 is 1.54 bits per heavy atom. The number of aromatic amines is 1. The van der Waals surface area contributed by atoms with E-state index in [1.54, 1.807) is 6.92 Å². The van der Waals surface area contributed by atoms with Gasteiger partial charge in [-0.1, -0.05) is 0 Å². The molecule has 1 aliphatic heterocycles. The summed E-state index contributed by atoms with van der Waals surface area (Å²) in [5.41, 5.74) is 1.77. The fourth-order valence-corrected chi connectivity index (χ4v) is 1.67. The maximum Gasteiger partial charge on any atom is 0.254 e. The van der Waals surface area contributed by atoms with E-state index >= 15 is 0 Å². The fourth-order valence-electron chi connectivity index (χ4n) is 1.67. The van der Waals surface area contributed by atoms with Crippen molar-refractivity contribution < 1.29 is 0 Å². The first-order valence-corrected chi connectivity index (χ1v) is 4.49. The van der Waals surface area contributed by atoms with Gasteiger partial charge in [0.25, 0.3) is 5.56 Å². The normalized spacial score (nSPS) is 21.2. The Morgan fingerprint density at radius 2 is 2.31 bits per heavy atom. The number of aromatic nitrogens is 2. The fraction of sp³-hybridized carbons (Fsp3) is 0.556. The molecule has 0 aliphatic carbocycles. The van der Waals surface area contributed by atoms with Crippen LogP contribution in [0.1, 0.15) is 24.0 Å². The lowest BCUT2D eigenvalue weighted by Crippen LogP contribution is -2.37. The summed E-state index contributed by atoms with van der Waals surface area (Å²) >= 11 is 0. The standard InChI is InChI=1S/C9H13N3O/c1-5-3-7-8(4-10-5)11-6(2)12-9(7)13/h5,10H,3-4H2,1-2H3,(H,11,12,13). The van der Waals surface area contributed by atoms with Gasteiger partial charge < -0.3 is 10.3 Å². The third-order valence-corrected chi connectivity index (χ3v) is 2.35. The molecule has 1 aromatic heterocycles. The van der Waals surface area contributed by atoms with Crippen LogP contribution in [0.15, 0.2) is 4.79 Å². The Labute approximate surface area is 76.4 Å². The minimum atomic E-state index is 0.0239. The molecule has 0 radical (unpaired) electrons. The van der Waals surface area contributed by atoms with Crippen LogP contribution in [0.4, 0.5) is 0 Å². The van der Waals surface area contributed by atoms with Crippen LogP contribution in [0.5, 0.6) is 0 Å². The number of nitrogens with one attached hydrogen (secondary N) is 2. The summed E-state index contributed by atoms with van der Waals surface area (Å²) in [5.74, 6) is 0.695. The molecule has 2 heterocycles. The van der Waals surface area contributed by atoms with Crippen LogP contribution in [0.3, 0.4) is 0 Å². The molecule has 1 aliphatic rings. The van der Waals surface area contributed by atoms with Crippen molar-refractivity contribution in [3.05, 3.63) is 27.4 Å². The van der Waals surface area contributed by atoms with Crippen LogP contribution in [-0.2, 0) is 13.0 Å². The predicted molar refractivity (Wildman–Crippen MR) is 49.6 cm³/mol. The Balaban J connectivity index is 2.53. The number of nitrogens with zero attached hydrogens (tertiary/aromatic N) is 1. The minimum absolute atomic E-state index is 0.0239. The summed E-state index contributed by atoms with van der Waals surface area (Å²) in [6, 6.07) is 0.373. The highest BCUT2D eigenvalue weighted by Gasteiger charge is 2.18. The van der Waals surface area contributed by atoms with E-state index in [1.165, 1.54) is 0 Å². The molecule has 0 saturated heterocycles. The maximum atomic E-state index is 11.5. The molecule has 4 nitrogen and oxygen atoms in total. The number of fused-ring (bicyclic) bond motifs is 1. The summed E-state index contributed by atoms with van der Waals surface area (Å²) in [5, 5.41) is 3.28. The van der Waals surface area contributed by atoms with E-state index in [-0.39, 0.29) is 5.56 Å². The number of H-pyrrole nitrogens is 1. The Hall–Kier alpha value is -1.16. The average Bonchev–Trinajstić information content (AvgIpc) is 2.06. The number of hydrogen-bond donors (Lipinski definition) is 2. The van der Waals surface area contributed by atoms with E-state index in [9.17, 15) is 4.79 Å². The monoisotopic (exact) mass is 179 g/mol. The highest BCUT2D eigenvalue weighted by Crippen LogP contribution is 2.09. The highest BCUT2D eigenvalue weighted by molar-refractivity contribution is 5.21. The number of rotatable bonds is 0. The Morgan fingerprint density at radius 3 is 3.08 bits per heavy atom. The van der Waals surface area contributed by atoms with E-state index in [0.717, 1.165) is 17.7 Å². The smallest absolute Gasteiger partial charge is 0.254 e. The van der Waals surface area contributed by atoms with Gasteiger partial charge in [0, 0.05) is 18.2 Å². The molecule has 70 valence electrons. The molecular weight excluding hydrogens is 166 g/mol. The van der Waals surface area contributed by atoms with Crippen LogP contribution in [0.25, 0.3) is 0 Å². The summed E-state index contributed by atoms with van der Waals surface area (Å²) in [6.45, 7) is 4.59. The molecule has 4 heteroatoms. The van der Waals surface area contributed by atoms with Gasteiger partial charge in [-0.2, -0.15) is 0 Å². The minimum Gasteiger partial charge on any atom is -0.311 e. The van der Waals surface area contributed by atoms with E-state index in [0.29, 0.717) is 18.4 Å². The summed E-state index contributed by atoms with van der Waals surface area (Å²) in [4.78, 5) is 18.5. The molecule has 1 unspecified atom stereocenters. The lowest BCUT2D eigenvalue weighted by atomic mass is 10.0. The Kier molecular flexibility index (Phi) is 1.92. The molecule has 1 aromatic rings. The van der Waals surface area contributed by atoms with Gasteiger partial charge in [0.15, 0.2) is 0 Å². The largest absolute Gasteiger partial charge is 0.311 e. The van der Waals surface area contributed by atoms with Crippen LogP contribution in [-0.4, -0.2) is 16.0 Å². The zero-order valence-electron chi connectivity index (χ0n) is 7.85. The second-order valence-corrected chi connectivity index (χ2v) is 3.56. The van der Waals surface area contributed by atoms with Crippen molar-refractivity contribution in [1.29, 1.82) is 0 Å². The van der Waals surface area contributed by atoms with Crippen molar-refractivity contribution in [2.45, 2.75) is 32.9 Å². The van der Waals surface area contributed by atoms with Crippen molar-refractivity contribution in [2.75, 3.05) is 0 Å². The topological polar surface area (TPSA) is 57.8 Å². The second kappa shape index (κ2) is 2.96. The van der Waals surface area contributed by atoms with Gasteiger partial charge >= 0.3 is 0 Å². The zero-order valence-corrected chi connectivity index (χ0v) is 7.85. The molecule has 0 aromatic carbocycles. The molecule has 1 atom stereocenters. The van der Waals surface area contributed by atoms with Crippen LogP contribution in [0.2, 0.25) is 0 Å². The number of hydrogen-bond acceptors (Lipinski definition) is 3. The first-order chi connectivity index (χ1) is 6.16. The van der Waals surface area contributed by atoms with Gasteiger partial charge in [-0.3, -0.25) is 4.79 Å². The predicted octanol–water partition coefficient (Wildman–Crippen LogP) is 0.113. The van der Waals surface area contributed by atoms with Gasteiger partial charge in [-0.25, -0.2) is 4.98 Å². The summed E-state index contributed by atoms with van der Waals surface area (Å²) in [6.07, 6.45) is 0.776. The molecule has 0 amide bonds. The quantitative estimate of drug-likeness (QED) is 0.594. The van der Waals surface area contributed by atoms with Crippen molar-refractivity contribution >= 4 is 0 Å². The zero-order chi connectivity index (χ0) is 9.42. The highest BCUT2D eigenvalue weighted by atomic mass is 16.1. The van der Waals surface area contributed by atoms with Crippen molar-refractivity contribution in [3.8, 4) is 0 Å². The lowest BCUT2D eigenvalue weighted by molar-refractivity contribution is 0.498. The number of aryl methyl sites for hydroxylation is 1. The van der Waals surface area contributed by atoms with E-state index in [4.69, 9.17) is 0 Å². The third-order valence-electron chi connectivity index (χ3n) is 2.35. The Bertz CT molecular complexity index is 383. The average molecular weight is 179 g/mol. The van der Waals surface area contributed by atoms with E-state index < -0.39 is 0 Å². The first-order valence-electron chi connectivity index (χ1n) is 4.49. The summed E-state index contributed by atoms with van der Waals surface area (Å²) < 4.78 is 0. The molecule has 0 fully saturated rings. The van der Waals surface area contributed by atoms with Crippen molar-refractivity contribution in [1.82, 2.24) is 15.3 Å². The van der Waals surface area contributed by atoms with Gasteiger partial charge in [0.05, 0.1) is 5.69 Å². The second-order valence-electron chi connectivity index (χ2n) is 3.56. The third kappa shape index (κ3) is 1.49. The SMILES string of the molecule is Cc1nc2c(c(=O)[nH]1)CC(C)NC2. The first kappa shape index (κ1) is 8.44. The van der Waals surface area contributed by atoms with Gasteiger partial charge in [-0.05, 0) is 20.3 Å². The molecule has 0 saturated carbocycles. The summed E-state index contributed by atoms with van der Waals surface area (Å²) in [7, 11) is 0. The lowest BCUT2D eigenvalue weighted by Gasteiger charge is -2.21. The molecule has 13 heavy (non-hydrogen) atoms. The van der Waals surface area contributed by atoms with Gasteiger partial charge in [0.1, 0.15) is 5.82 Å². The van der Waals surface area contributed by atoms with Crippen LogP contribution >= 0.6 is 0 Å². The molecule has 0 spiro atoms. The molecular formula is C9H13N3O. The van der Waals surface area contributed by atoms with Crippen LogP contribution in [0, 0.1) is 6.92 Å². The van der Waals surface area contributed by atoms with Crippen LogP contribution < -0.4 is 10.9 Å². The van der Waals surface area contributed by atoms with Crippen molar-refractivity contribution in [2.24, 2.45) is 0 Å². The maximum absolute atomic E-state index is 11.5. The van der Waals surface area contributed by atoms with Crippen molar-refractivity contribution in [3.63, 3.8) is 0 Å². The molecule has 2 N–H and O–H groups in total. The molecule has 0 bridgehead atoms. The molecule has 2 rings (SSSR count).